The van der Waals surface area contributed by atoms with Crippen molar-refractivity contribution in [2.75, 3.05) is 0 Å². The van der Waals surface area contributed by atoms with Gasteiger partial charge in [-0.15, -0.1) is 0 Å². The molecule has 35 heavy (non-hydrogen) atoms. The second-order valence-corrected chi connectivity index (χ2v) is 10.2. The Bertz CT molecular complexity index is 1260. The van der Waals surface area contributed by atoms with E-state index in [4.69, 9.17) is 5.53 Å². The number of phenolic OH excluding ortho intramolecular Hbond substituents is 1. The number of amides is 1. The second-order valence-electron chi connectivity index (χ2n) is 10.2. The first-order valence-electron chi connectivity index (χ1n) is 11.9. The summed E-state index contributed by atoms with van der Waals surface area (Å²) in [4.78, 5) is 27.0. The van der Waals surface area contributed by atoms with Crippen LogP contribution in [0.3, 0.4) is 0 Å². The summed E-state index contributed by atoms with van der Waals surface area (Å²) >= 11 is 0. The lowest BCUT2D eigenvalue weighted by Crippen LogP contribution is -2.46. The van der Waals surface area contributed by atoms with Gasteiger partial charge < -0.3 is 15.5 Å². The number of fused-ring (bicyclic) bond motifs is 5. The molecule has 2 aromatic carbocycles. The van der Waals surface area contributed by atoms with E-state index in [2.05, 4.69) is 22.3 Å². The van der Waals surface area contributed by atoms with Gasteiger partial charge in [0.1, 0.15) is 11.3 Å². The highest BCUT2D eigenvalue weighted by molar-refractivity contribution is 5.99. The van der Waals surface area contributed by atoms with Gasteiger partial charge in [0, 0.05) is 16.7 Å². The summed E-state index contributed by atoms with van der Waals surface area (Å²) in [6, 6.07) is 8.44. The van der Waals surface area contributed by atoms with Crippen molar-refractivity contribution in [3.63, 3.8) is 0 Å². The molecule has 10 heteroatoms. The molecule has 10 nitrogen and oxygen atoms in total. The molecule has 2 aromatic rings. The van der Waals surface area contributed by atoms with Crippen LogP contribution in [0.25, 0.3) is 10.4 Å². The maximum atomic E-state index is 13.3. The molecule has 2 saturated carbocycles. The largest absolute Gasteiger partial charge is 0.508 e. The lowest BCUT2D eigenvalue weighted by atomic mass is 9.54. The van der Waals surface area contributed by atoms with Crippen molar-refractivity contribution in [1.82, 2.24) is 5.32 Å². The normalized spacial score (nSPS) is 30.9. The molecule has 182 valence electrons. The van der Waals surface area contributed by atoms with E-state index in [1.54, 1.807) is 12.1 Å². The Morgan fingerprint density at radius 1 is 1.23 bits per heavy atom. The fraction of sp³-hybridized carbons (Fsp3) is 0.480. The maximum absolute atomic E-state index is 13.3. The summed E-state index contributed by atoms with van der Waals surface area (Å²) in [6.45, 7) is 2.16. The highest BCUT2D eigenvalue weighted by atomic mass is 16.6. The van der Waals surface area contributed by atoms with E-state index in [-0.39, 0.29) is 46.0 Å². The number of hydrogen-bond acceptors (Lipinski definition) is 6. The molecular formula is C25H27N5O5. The molecule has 0 heterocycles. The Balaban J connectivity index is 1.52. The van der Waals surface area contributed by atoms with Crippen LogP contribution >= 0.6 is 0 Å². The molecule has 3 aliphatic rings. The van der Waals surface area contributed by atoms with Crippen molar-refractivity contribution in [3.05, 3.63) is 73.6 Å². The molecule has 0 aliphatic heterocycles. The topological polar surface area (TPSA) is 161 Å². The molecule has 0 spiro atoms. The van der Waals surface area contributed by atoms with Gasteiger partial charge in [-0.2, -0.15) is 0 Å². The van der Waals surface area contributed by atoms with Gasteiger partial charge in [0.25, 0.3) is 11.6 Å². The summed E-state index contributed by atoms with van der Waals surface area (Å²) in [6.07, 6.45) is 3.81. The number of nitro benzene ring substituents is 1. The smallest absolute Gasteiger partial charge is 0.282 e. The number of nitrogens with zero attached hydrogens (tertiary/aromatic N) is 4. The number of nitro groups is 1. The minimum Gasteiger partial charge on any atom is -0.508 e. The van der Waals surface area contributed by atoms with Crippen molar-refractivity contribution >= 4 is 17.3 Å². The van der Waals surface area contributed by atoms with Crippen LogP contribution < -0.4 is 5.32 Å². The molecule has 3 aliphatic carbocycles. The molecule has 3 N–H and O–H groups in total. The Morgan fingerprint density at radius 2 is 2.03 bits per heavy atom. The minimum atomic E-state index is -0.644. The summed E-state index contributed by atoms with van der Waals surface area (Å²) in [5, 5.41) is 38.9. The molecule has 0 saturated heterocycles. The molecule has 0 radical (unpaired) electrons. The number of aromatic hydroxyl groups is 1. The number of carbonyl (C=O) groups is 1. The van der Waals surface area contributed by atoms with E-state index in [9.17, 15) is 25.1 Å². The van der Waals surface area contributed by atoms with Crippen LogP contribution in [0.4, 0.5) is 11.4 Å². The lowest BCUT2D eigenvalue weighted by molar-refractivity contribution is -0.385. The zero-order valence-corrected chi connectivity index (χ0v) is 19.3. The first kappa shape index (κ1) is 23.1. The molecule has 0 bridgehead atoms. The fourth-order valence-electron chi connectivity index (χ4n) is 6.93. The van der Waals surface area contributed by atoms with Crippen molar-refractivity contribution in [1.29, 1.82) is 0 Å². The van der Waals surface area contributed by atoms with Crippen LogP contribution in [0.15, 0.2) is 41.5 Å². The molecule has 2 fully saturated rings. The Labute approximate surface area is 201 Å². The van der Waals surface area contributed by atoms with Crippen molar-refractivity contribution in [2.45, 2.75) is 57.1 Å². The van der Waals surface area contributed by atoms with Crippen LogP contribution in [0.2, 0.25) is 0 Å². The average Bonchev–Trinajstić information content (AvgIpc) is 3.13. The number of carbonyl (C=O) groups excluding carboxylic acids is 1. The van der Waals surface area contributed by atoms with Gasteiger partial charge in [-0.05, 0) is 96.2 Å². The average molecular weight is 478 g/mol. The predicted molar refractivity (Wildman–Crippen MR) is 127 cm³/mol. The van der Waals surface area contributed by atoms with Crippen molar-refractivity contribution in [2.24, 2.45) is 22.4 Å². The van der Waals surface area contributed by atoms with Gasteiger partial charge in [0.2, 0.25) is 0 Å². The Hall–Kier alpha value is -3.62. The molecule has 0 aromatic heterocycles. The molecular weight excluding hydrogens is 450 g/mol. The monoisotopic (exact) mass is 477 g/mol. The number of hydrogen-bond donors (Lipinski definition) is 3. The number of phenols is 1. The lowest BCUT2D eigenvalue weighted by Gasteiger charge is -2.51. The van der Waals surface area contributed by atoms with Gasteiger partial charge in [-0.25, -0.2) is 0 Å². The molecule has 1 amide bonds. The zero-order valence-electron chi connectivity index (χ0n) is 19.3. The number of rotatable bonds is 4. The summed E-state index contributed by atoms with van der Waals surface area (Å²) in [7, 11) is 0. The van der Waals surface area contributed by atoms with E-state index in [1.807, 2.05) is 6.07 Å². The van der Waals surface area contributed by atoms with E-state index < -0.39 is 16.9 Å². The van der Waals surface area contributed by atoms with Crippen LogP contribution in [0, 0.1) is 27.4 Å². The zero-order chi connectivity index (χ0) is 24.9. The van der Waals surface area contributed by atoms with Crippen molar-refractivity contribution < 1.29 is 19.9 Å². The third-order valence-corrected chi connectivity index (χ3v) is 8.63. The number of nitrogens with one attached hydrogen (secondary N) is 1. The first-order chi connectivity index (χ1) is 16.7. The van der Waals surface area contributed by atoms with Crippen LogP contribution in [0.1, 0.15) is 72.5 Å². The van der Waals surface area contributed by atoms with Gasteiger partial charge >= 0.3 is 0 Å². The Morgan fingerprint density at radius 3 is 2.77 bits per heavy atom. The molecule has 5 rings (SSSR count). The minimum absolute atomic E-state index is 0.0923. The number of azide groups is 1. The Kier molecular flexibility index (Phi) is 5.65. The standard InChI is InChI=1S/C25H27N5O5/c1-25-9-8-16-15-4-3-14(31)11-18(15)21(12-17(16)20(25)5-7-23(25)32)27-24(33)19-10-13(28-29-26)2-6-22(19)30(34)35/h2-4,6,10-11,16-17,20-21,23,31-32H,5,7-9,12H2,1H3,(H,27,33)/t16-,17-,20+,21+,23+,25+/m1/s1. The van der Waals surface area contributed by atoms with Crippen molar-refractivity contribution in [3.8, 4) is 5.75 Å². The van der Waals surface area contributed by atoms with E-state index in [1.165, 1.54) is 12.1 Å². The van der Waals surface area contributed by atoms with Crippen LogP contribution in [-0.2, 0) is 0 Å². The predicted octanol–water partition coefficient (Wildman–Crippen LogP) is 5.39. The second kappa shape index (κ2) is 8.55. The van der Waals surface area contributed by atoms with E-state index in [0.717, 1.165) is 42.9 Å². The summed E-state index contributed by atoms with van der Waals surface area (Å²) in [5.74, 6) is 0.256. The van der Waals surface area contributed by atoms with E-state index in [0.29, 0.717) is 12.3 Å². The SMILES string of the molecule is C[C@]12CC[C@@H]3c4ccc(O)cc4[C@@H](NC(=O)c4cc(N=[N+]=[N-])ccc4[N+](=O)[O-])C[C@H]3[C@@H]1CC[C@@H]2O. The van der Waals surface area contributed by atoms with Gasteiger partial charge in [0.15, 0.2) is 0 Å². The molecule has 0 unspecified atom stereocenters. The third kappa shape index (κ3) is 3.79. The summed E-state index contributed by atoms with van der Waals surface area (Å²) in [5.41, 5.74) is 10.00. The maximum Gasteiger partial charge on any atom is 0.282 e. The summed E-state index contributed by atoms with van der Waals surface area (Å²) < 4.78 is 0. The third-order valence-electron chi connectivity index (χ3n) is 8.63. The quantitative estimate of drug-likeness (QED) is 0.177. The highest BCUT2D eigenvalue weighted by Gasteiger charge is 2.55. The van der Waals surface area contributed by atoms with Crippen LogP contribution in [0.5, 0.6) is 5.75 Å². The van der Waals surface area contributed by atoms with Gasteiger partial charge in [-0.1, -0.05) is 18.1 Å². The number of aliphatic hydroxyl groups is 1. The first-order valence-corrected chi connectivity index (χ1v) is 11.9. The van der Waals surface area contributed by atoms with Crippen LogP contribution in [-0.4, -0.2) is 27.1 Å². The van der Waals surface area contributed by atoms with Gasteiger partial charge in [0.05, 0.1) is 17.1 Å². The van der Waals surface area contributed by atoms with Gasteiger partial charge in [-0.3, -0.25) is 14.9 Å². The number of benzene rings is 2. The van der Waals surface area contributed by atoms with E-state index >= 15 is 0 Å². The molecule has 6 atom stereocenters. The number of aliphatic hydroxyl groups excluding tert-OH is 1. The fourth-order valence-corrected chi connectivity index (χ4v) is 6.93. The highest BCUT2D eigenvalue weighted by Crippen LogP contribution is 2.62.